The molecule has 5 nitrogen and oxygen atoms in total. The maximum Gasteiger partial charge on any atom is 0.410 e. The number of carbonyl (C=O) groups is 1. The first-order valence-corrected chi connectivity index (χ1v) is 10.6. The Bertz CT molecular complexity index is 375. The molecule has 1 amide bonds. The van der Waals surface area contributed by atoms with Crippen LogP contribution in [0.1, 0.15) is 59.3 Å². The summed E-state index contributed by atoms with van der Waals surface area (Å²) in [6.07, 6.45) is 7.05. The van der Waals surface area contributed by atoms with Gasteiger partial charge in [-0.1, -0.05) is 25.8 Å². The molecule has 2 rings (SSSR count). The Kier molecular flexibility index (Phi) is 8.70. The van der Waals surface area contributed by atoms with Gasteiger partial charge < -0.3 is 14.4 Å². The van der Waals surface area contributed by atoms with Crippen LogP contribution in [0.15, 0.2) is 0 Å². The van der Waals surface area contributed by atoms with E-state index in [9.17, 15) is 4.79 Å². The zero-order chi connectivity index (χ0) is 17.4. The van der Waals surface area contributed by atoms with Gasteiger partial charge in [0.05, 0.1) is 25.4 Å². The topological polar surface area (TPSA) is 50.8 Å². The number of carbonyl (C=O) groups excluding carboxylic acids is 1. The van der Waals surface area contributed by atoms with Gasteiger partial charge in [-0.15, -0.1) is 0 Å². The van der Waals surface area contributed by atoms with Gasteiger partial charge in [0.1, 0.15) is 0 Å². The second kappa shape index (κ2) is 10.5. The van der Waals surface area contributed by atoms with E-state index in [2.05, 4.69) is 18.6 Å². The minimum atomic E-state index is -0.198. The number of ether oxygens (including phenoxy) is 2. The molecule has 0 aromatic rings. The van der Waals surface area contributed by atoms with E-state index in [-0.39, 0.29) is 18.2 Å². The molecule has 1 heterocycles. The summed E-state index contributed by atoms with van der Waals surface area (Å²) in [7, 11) is 0. The Labute approximate surface area is 151 Å². The molecule has 0 spiro atoms. The smallest absolute Gasteiger partial charge is 0.410 e. The standard InChI is InChI=1S/C18H34N2O3S/c1-4-22-18(21)20-12-6-7-16(19-24-5-2)17(20)13-23-15-10-8-14(3)9-11-15/h14-17,19H,4-13H2,1-3H3. The summed E-state index contributed by atoms with van der Waals surface area (Å²) in [5, 5.41) is 0. The number of likely N-dealkylation sites (tertiary alicyclic amines) is 1. The monoisotopic (exact) mass is 358 g/mol. The van der Waals surface area contributed by atoms with Gasteiger partial charge in [0.25, 0.3) is 0 Å². The SMILES string of the molecule is CCOC(=O)N1CCCC(NSCC)C1COC1CCC(C)CC1. The number of hydrogen-bond acceptors (Lipinski definition) is 5. The Balaban J connectivity index is 1.94. The molecule has 0 aromatic carbocycles. The van der Waals surface area contributed by atoms with Gasteiger partial charge in [-0.05, 0) is 51.4 Å². The van der Waals surface area contributed by atoms with Crippen molar-refractivity contribution in [1.82, 2.24) is 9.62 Å². The molecular weight excluding hydrogens is 324 g/mol. The summed E-state index contributed by atoms with van der Waals surface area (Å²) < 4.78 is 15.0. The van der Waals surface area contributed by atoms with Crippen molar-refractivity contribution in [3.05, 3.63) is 0 Å². The summed E-state index contributed by atoms with van der Waals surface area (Å²) >= 11 is 1.72. The molecule has 140 valence electrons. The Morgan fingerprint density at radius 3 is 2.62 bits per heavy atom. The number of amides is 1. The Morgan fingerprint density at radius 2 is 1.96 bits per heavy atom. The molecule has 1 aliphatic heterocycles. The highest BCUT2D eigenvalue weighted by molar-refractivity contribution is 7.97. The molecule has 2 atom stereocenters. The fourth-order valence-electron chi connectivity index (χ4n) is 3.65. The molecule has 0 bridgehead atoms. The van der Waals surface area contributed by atoms with Crippen LogP contribution in [-0.4, -0.2) is 54.7 Å². The maximum absolute atomic E-state index is 12.3. The lowest BCUT2D eigenvalue weighted by Crippen LogP contribution is -2.57. The highest BCUT2D eigenvalue weighted by Gasteiger charge is 2.36. The van der Waals surface area contributed by atoms with Crippen molar-refractivity contribution in [2.24, 2.45) is 5.92 Å². The second-order valence-electron chi connectivity index (χ2n) is 6.97. The Morgan fingerprint density at radius 1 is 1.21 bits per heavy atom. The van der Waals surface area contributed by atoms with Crippen LogP contribution in [0.2, 0.25) is 0 Å². The van der Waals surface area contributed by atoms with E-state index in [1.807, 2.05) is 11.8 Å². The third kappa shape index (κ3) is 5.81. The van der Waals surface area contributed by atoms with Crippen LogP contribution in [0.25, 0.3) is 0 Å². The summed E-state index contributed by atoms with van der Waals surface area (Å²) in [5.74, 6) is 1.84. The highest BCUT2D eigenvalue weighted by Crippen LogP contribution is 2.27. The van der Waals surface area contributed by atoms with Crippen LogP contribution in [0.5, 0.6) is 0 Å². The van der Waals surface area contributed by atoms with Gasteiger partial charge in [-0.25, -0.2) is 4.79 Å². The predicted octanol–water partition coefficient (Wildman–Crippen LogP) is 3.83. The molecule has 2 fully saturated rings. The molecule has 24 heavy (non-hydrogen) atoms. The molecule has 1 aliphatic carbocycles. The van der Waals surface area contributed by atoms with Crippen molar-refractivity contribution < 1.29 is 14.3 Å². The largest absolute Gasteiger partial charge is 0.450 e. The van der Waals surface area contributed by atoms with Gasteiger partial charge in [-0.2, -0.15) is 0 Å². The van der Waals surface area contributed by atoms with Crippen molar-refractivity contribution >= 4 is 18.0 Å². The van der Waals surface area contributed by atoms with Gasteiger partial charge in [0.2, 0.25) is 0 Å². The lowest BCUT2D eigenvalue weighted by molar-refractivity contribution is -0.0282. The molecule has 1 N–H and O–H groups in total. The summed E-state index contributed by atoms with van der Waals surface area (Å²) in [6.45, 7) is 8.12. The number of rotatable bonds is 7. The van der Waals surface area contributed by atoms with E-state index in [0.717, 1.165) is 43.9 Å². The van der Waals surface area contributed by atoms with Crippen LogP contribution in [0, 0.1) is 5.92 Å². The van der Waals surface area contributed by atoms with Crippen molar-refractivity contribution in [1.29, 1.82) is 0 Å². The van der Waals surface area contributed by atoms with E-state index in [0.29, 0.717) is 19.3 Å². The van der Waals surface area contributed by atoms with Crippen LogP contribution < -0.4 is 4.72 Å². The quantitative estimate of drug-likeness (QED) is 0.701. The average molecular weight is 359 g/mol. The van der Waals surface area contributed by atoms with Gasteiger partial charge in [0.15, 0.2) is 0 Å². The second-order valence-corrected chi connectivity index (χ2v) is 8.08. The fourth-order valence-corrected chi connectivity index (χ4v) is 4.31. The number of hydrogen-bond donors (Lipinski definition) is 1. The van der Waals surface area contributed by atoms with E-state index in [1.165, 1.54) is 12.8 Å². The number of nitrogens with one attached hydrogen (secondary N) is 1. The van der Waals surface area contributed by atoms with Crippen molar-refractivity contribution in [3.8, 4) is 0 Å². The molecule has 0 aromatic heterocycles. The average Bonchev–Trinajstić information content (AvgIpc) is 2.59. The molecular formula is C18H34N2O3S. The van der Waals surface area contributed by atoms with E-state index < -0.39 is 0 Å². The van der Waals surface area contributed by atoms with Gasteiger partial charge in [-0.3, -0.25) is 4.72 Å². The highest BCUT2D eigenvalue weighted by atomic mass is 32.2. The molecule has 1 saturated heterocycles. The third-order valence-corrected chi connectivity index (χ3v) is 5.88. The minimum absolute atomic E-state index is 0.0659. The lowest BCUT2D eigenvalue weighted by Gasteiger charge is -2.41. The molecule has 2 aliphatic rings. The third-order valence-electron chi connectivity index (χ3n) is 5.13. The first-order chi connectivity index (χ1) is 11.7. The fraction of sp³-hybridized carbons (Fsp3) is 0.944. The van der Waals surface area contributed by atoms with E-state index in [1.54, 1.807) is 11.9 Å². The molecule has 6 heteroatoms. The Hall–Kier alpha value is -0.460. The van der Waals surface area contributed by atoms with E-state index >= 15 is 0 Å². The van der Waals surface area contributed by atoms with Gasteiger partial charge >= 0.3 is 6.09 Å². The summed E-state index contributed by atoms with van der Waals surface area (Å²) in [6, 6.07) is 0.340. The van der Waals surface area contributed by atoms with E-state index in [4.69, 9.17) is 9.47 Å². The zero-order valence-electron chi connectivity index (χ0n) is 15.5. The first kappa shape index (κ1) is 19.9. The van der Waals surface area contributed by atoms with Gasteiger partial charge in [0, 0.05) is 18.3 Å². The normalized spacial score (nSPS) is 31.0. The number of nitrogens with zero attached hydrogens (tertiary/aromatic N) is 1. The number of piperidine rings is 1. The molecule has 1 saturated carbocycles. The van der Waals surface area contributed by atoms with Crippen molar-refractivity contribution in [2.45, 2.75) is 77.5 Å². The minimum Gasteiger partial charge on any atom is -0.450 e. The lowest BCUT2D eigenvalue weighted by atomic mass is 9.89. The van der Waals surface area contributed by atoms with Crippen LogP contribution in [-0.2, 0) is 9.47 Å². The first-order valence-electron chi connectivity index (χ1n) is 9.58. The van der Waals surface area contributed by atoms with Crippen LogP contribution in [0.4, 0.5) is 4.79 Å². The zero-order valence-corrected chi connectivity index (χ0v) is 16.3. The molecule has 0 radical (unpaired) electrons. The van der Waals surface area contributed by atoms with Crippen LogP contribution in [0.3, 0.4) is 0 Å². The summed E-state index contributed by atoms with van der Waals surface area (Å²) in [4.78, 5) is 14.2. The predicted molar refractivity (Wildman–Crippen MR) is 99.2 cm³/mol. The molecule has 2 unspecified atom stereocenters. The summed E-state index contributed by atoms with van der Waals surface area (Å²) in [5.41, 5.74) is 0. The van der Waals surface area contributed by atoms with Crippen molar-refractivity contribution in [2.75, 3.05) is 25.5 Å². The van der Waals surface area contributed by atoms with Crippen molar-refractivity contribution in [3.63, 3.8) is 0 Å². The maximum atomic E-state index is 12.3. The van der Waals surface area contributed by atoms with Crippen LogP contribution >= 0.6 is 11.9 Å².